The third-order valence-electron chi connectivity index (χ3n) is 6.06. The molecule has 0 aromatic heterocycles. The average Bonchev–Trinajstić information content (AvgIpc) is 2.71. The summed E-state index contributed by atoms with van der Waals surface area (Å²) >= 11 is 0. The van der Waals surface area contributed by atoms with E-state index in [1.54, 1.807) is 0 Å². The lowest BCUT2D eigenvalue weighted by atomic mass is 10.2. The highest BCUT2D eigenvalue weighted by molar-refractivity contribution is 7.85. The van der Waals surface area contributed by atoms with Crippen molar-refractivity contribution in [1.29, 1.82) is 0 Å². The Labute approximate surface area is 214 Å². The first-order chi connectivity index (χ1) is 16.6. The Bertz CT molecular complexity index is 1080. The molecule has 0 amide bonds. The second-order valence-corrected chi connectivity index (χ2v) is 14.4. The fraction of sp³-hybridized carbons (Fsp3) is 0.250. The number of hydrogen-bond donors (Lipinski definition) is 1. The molecule has 0 saturated carbocycles. The van der Waals surface area contributed by atoms with Gasteiger partial charge in [-0.2, -0.15) is 0 Å². The van der Waals surface area contributed by atoms with E-state index in [1.807, 2.05) is 0 Å². The molecule has 1 nitrogen and oxygen atoms in total. The zero-order valence-electron chi connectivity index (χ0n) is 22.3. The van der Waals surface area contributed by atoms with Crippen molar-refractivity contribution < 1.29 is 0 Å². The molecule has 0 radical (unpaired) electrons. The Balaban J connectivity index is 1.92. The molecule has 0 aliphatic heterocycles. The Morgan fingerprint density at radius 2 is 0.486 bits per heavy atom. The maximum atomic E-state index is 4.27. The summed E-state index contributed by atoms with van der Waals surface area (Å²) in [4.78, 5) is 4.27. The van der Waals surface area contributed by atoms with Crippen LogP contribution in [0, 0.1) is 55.4 Å². The van der Waals surface area contributed by atoms with E-state index in [2.05, 4.69) is 133 Å². The van der Waals surface area contributed by atoms with Crippen molar-refractivity contribution >= 4 is 37.4 Å². The lowest BCUT2D eigenvalue weighted by Crippen LogP contribution is -2.28. The van der Waals surface area contributed by atoms with Gasteiger partial charge in [0.05, 0.1) is 0 Å². The standard InChI is InChI=1S/C32H37NP2/c1-21-9-22(2)14-29(13-21)34(30-15-23(3)10-24(4)16-30)33-35(31-17-25(5)11-26(6)18-31)32-19-27(7)12-28(8)20-32/h9-20,33H,1-8H3. The summed E-state index contributed by atoms with van der Waals surface area (Å²) in [6.45, 7) is 17.7. The predicted molar refractivity (Wildman–Crippen MR) is 159 cm³/mol. The van der Waals surface area contributed by atoms with E-state index in [9.17, 15) is 0 Å². The lowest BCUT2D eigenvalue weighted by molar-refractivity contribution is 1.39. The molecule has 1 N–H and O–H groups in total. The zero-order chi connectivity index (χ0) is 25.3. The minimum atomic E-state index is -0.762. The highest BCUT2D eigenvalue weighted by Gasteiger charge is 2.24. The van der Waals surface area contributed by atoms with Crippen LogP contribution >= 0.6 is 16.1 Å². The Morgan fingerprint density at radius 1 is 0.314 bits per heavy atom. The molecular formula is C32H37NP2. The molecule has 0 bridgehead atoms. The van der Waals surface area contributed by atoms with Crippen LogP contribution < -0.4 is 26.1 Å². The average molecular weight is 498 g/mol. The van der Waals surface area contributed by atoms with Crippen LogP contribution in [0.15, 0.2) is 72.8 Å². The number of benzene rings is 4. The number of rotatable bonds is 6. The molecule has 0 unspecified atom stereocenters. The van der Waals surface area contributed by atoms with Gasteiger partial charge < -0.3 is 0 Å². The van der Waals surface area contributed by atoms with Crippen molar-refractivity contribution in [3.63, 3.8) is 0 Å². The Kier molecular flexibility index (Phi) is 7.92. The molecule has 4 aromatic rings. The van der Waals surface area contributed by atoms with Crippen LogP contribution in [-0.2, 0) is 0 Å². The van der Waals surface area contributed by atoms with Crippen molar-refractivity contribution in [3.8, 4) is 0 Å². The molecule has 0 saturated heterocycles. The summed E-state index contributed by atoms with van der Waals surface area (Å²) in [6, 6.07) is 28.1. The van der Waals surface area contributed by atoms with Crippen molar-refractivity contribution in [2.75, 3.05) is 0 Å². The van der Waals surface area contributed by atoms with Gasteiger partial charge in [0.2, 0.25) is 0 Å². The van der Waals surface area contributed by atoms with E-state index < -0.39 is 16.1 Å². The molecule has 180 valence electrons. The third kappa shape index (κ3) is 6.48. The summed E-state index contributed by atoms with van der Waals surface area (Å²) in [5.74, 6) is 0. The van der Waals surface area contributed by atoms with Gasteiger partial charge in [-0.05, 0) is 125 Å². The summed E-state index contributed by atoms with van der Waals surface area (Å²) in [5, 5.41) is 5.57. The van der Waals surface area contributed by atoms with Crippen LogP contribution in [0.3, 0.4) is 0 Å². The third-order valence-corrected chi connectivity index (χ3v) is 10.8. The predicted octanol–water partition coefficient (Wildman–Crippen LogP) is 7.14. The van der Waals surface area contributed by atoms with Crippen molar-refractivity contribution in [2.45, 2.75) is 55.4 Å². The highest BCUT2D eigenvalue weighted by Crippen LogP contribution is 2.43. The minimum Gasteiger partial charge on any atom is -0.259 e. The Morgan fingerprint density at radius 3 is 0.657 bits per heavy atom. The van der Waals surface area contributed by atoms with Gasteiger partial charge in [-0.3, -0.25) is 4.86 Å². The second-order valence-electron chi connectivity index (χ2n) is 10.2. The molecule has 0 spiro atoms. The van der Waals surface area contributed by atoms with Gasteiger partial charge in [-0.25, -0.2) is 0 Å². The maximum Gasteiger partial charge on any atom is 0.0295 e. The molecule has 4 aromatic carbocycles. The van der Waals surface area contributed by atoms with E-state index in [4.69, 9.17) is 0 Å². The number of nitrogens with one attached hydrogen (secondary N) is 1. The largest absolute Gasteiger partial charge is 0.259 e. The first kappa shape index (κ1) is 25.8. The molecule has 35 heavy (non-hydrogen) atoms. The molecule has 0 fully saturated rings. The van der Waals surface area contributed by atoms with Gasteiger partial charge >= 0.3 is 0 Å². The minimum absolute atomic E-state index is 0.762. The fourth-order valence-corrected chi connectivity index (χ4v) is 10.9. The van der Waals surface area contributed by atoms with Gasteiger partial charge in [0, 0.05) is 16.1 Å². The summed E-state index contributed by atoms with van der Waals surface area (Å²) in [5.41, 5.74) is 10.6. The summed E-state index contributed by atoms with van der Waals surface area (Å²) in [6.07, 6.45) is 0. The van der Waals surface area contributed by atoms with Gasteiger partial charge in [0.15, 0.2) is 0 Å². The van der Waals surface area contributed by atoms with Crippen molar-refractivity contribution in [2.24, 2.45) is 0 Å². The first-order valence-corrected chi connectivity index (χ1v) is 15.0. The van der Waals surface area contributed by atoms with Gasteiger partial charge in [0.25, 0.3) is 0 Å². The molecule has 0 aliphatic carbocycles. The van der Waals surface area contributed by atoms with Crippen LogP contribution in [-0.4, -0.2) is 0 Å². The fourth-order valence-electron chi connectivity index (χ4n) is 4.95. The Hall–Kier alpha value is -2.30. The number of hydrogen-bond acceptors (Lipinski definition) is 1. The zero-order valence-corrected chi connectivity index (χ0v) is 24.1. The second kappa shape index (κ2) is 10.8. The van der Waals surface area contributed by atoms with E-state index in [-0.39, 0.29) is 0 Å². The van der Waals surface area contributed by atoms with E-state index in [0.29, 0.717) is 0 Å². The lowest BCUT2D eigenvalue weighted by Gasteiger charge is -2.29. The van der Waals surface area contributed by atoms with Crippen LogP contribution in [0.1, 0.15) is 44.5 Å². The summed E-state index contributed by atoms with van der Waals surface area (Å²) in [7, 11) is -1.52. The molecule has 0 heterocycles. The molecule has 0 aliphatic rings. The van der Waals surface area contributed by atoms with Crippen LogP contribution in [0.2, 0.25) is 0 Å². The van der Waals surface area contributed by atoms with Crippen molar-refractivity contribution in [1.82, 2.24) is 4.86 Å². The van der Waals surface area contributed by atoms with Crippen molar-refractivity contribution in [3.05, 3.63) is 117 Å². The quantitative estimate of drug-likeness (QED) is 0.279. The van der Waals surface area contributed by atoms with Crippen LogP contribution in [0.5, 0.6) is 0 Å². The maximum absolute atomic E-state index is 4.27. The van der Waals surface area contributed by atoms with Gasteiger partial charge in [0.1, 0.15) is 0 Å². The van der Waals surface area contributed by atoms with Crippen LogP contribution in [0.25, 0.3) is 0 Å². The summed E-state index contributed by atoms with van der Waals surface area (Å²) < 4.78 is 0. The highest BCUT2D eigenvalue weighted by atomic mass is 31.2. The SMILES string of the molecule is Cc1cc(C)cc(P(NP(c2cc(C)cc(C)c2)c2cc(C)cc(C)c2)c2cc(C)cc(C)c2)c1. The van der Waals surface area contributed by atoms with E-state index >= 15 is 0 Å². The smallest absolute Gasteiger partial charge is 0.0295 e. The normalized spacial score (nSPS) is 11.5. The van der Waals surface area contributed by atoms with E-state index in [1.165, 1.54) is 65.7 Å². The van der Waals surface area contributed by atoms with Gasteiger partial charge in [-0.1, -0.05) is 68.8 Å². The first-order valence-electron chi connectivity index (χ1n) is 12.3. The molecule has 4 rings (SSSR count). The molecular weight excluding hydrogens is 460 g/mol. The number of aryl methyl sites for hydroxylation is 8. The molecule has 3 heteroatoms. The van der Waals surface area contributed by atoms with Gasteiger partial charge in [-0.15, -0.1) is 0 Å². The van der Waals surface area contributed by atoms with E-state index in [0.717, 1.165) is 0 Å². The monoisotopic (exact) mass is 497 g/mol. The molecule has 0 atom stereocenters. The van der Waals surface area contributed by atoms with Crippen LogP contribution in [0.4, 0.5) is 0 Å². The topological polar surface area (TPSA) is 12.0 Å².